The molecule has 1 fully saturated rings. The normalized spacial score (nSPS) is 15.5. The van der Waals surface area contributed by atoms with Crippen molar-refractivity contribution in [3.05, 3.63) is 24.0 Å². The number of hydrogen-bond donors (Lipinski definition) is 0. The average Bonchev–Trinajstić information content (AvgIpc) is 2.72. The molecule has 0 unspecified atom stereocenters. The number of hydrogen-bond acceptors (Lipinski definition) is 3. The van der Waals surface area contributed by atoms with Gasteiger partial charge in [0.1, 0.15) is 0 Å². The van der Waals surface area contributed by atoms with Crippen LogP contribution in [0.4, 0.5) is 5.69 Å². The van der Waals surface area contributed by atoms with Crippen LogP contribution in [0.2, 0.25) is 0 Å². The molecule has 14 heavy (non-hydrogen) atoms. The molecule has 2 rings (SSSR count). The summed E-state index contributed by atoms with van der Waals surface area (Å²) in [4.78, 5) is 6.40. The van der Waals surface area contributed by atoms with Crippen LogP contribution in [-0.4, -0.2) is 18.1 Å². The molecule has 0 bridgehead atoms. The lowest BCUT2D eigenvalue weighted by molar-refractivity contribution is 0.949. The maximum atomic E-state index is 8.69. The van der Waals surface area contributed by atoms with Gasteiger partial charge in [-0.1, -0.05) is 0 Å². The fourth-order valence-corrected chi connectivity index (χ4v) is 1.91. The molecule has 1 aliphatic rings. The summed E-state index contributed by atoms with van der Waals surface area (Å²) in [6.07, 6.45) is 6.58. The van der Waals surface area contributed by atoms with E-state index >= 15 is 0 Å². The highest BCUT2D eigenvalue weighted by Crippen LogP contribution is 2.23. The molecular weight excluding hydrogens is 174 g/mol. The standard InChI is InChI=1S/C11H13N3/c12-5-3-10-9-13-6-4-11(10)14-7-1-2-8-14/h4,6,9H,1-3,7-8H2. The lowest BCUT2D eigenvalue weighted by atomic mass is 10.1. The molecule has 1 aromatic rings. The van der Waals surface area contributed by atoms with Crippen molar-refractivity contribution in [1.29, 1.82) is 5.26 Å². The first-order valence-electron chi connectivity index (χ1n) is 4.96. The van der Waals surface area contributed by atoms with Crippen LogP contribution < -0.4 is 4.90 Å². The molecule has 0 atom stereocenters. The third kappa shape index (κ3) is 1.69. The predicted molar refractivity (Wildman–Crippen MR) is 55.0 cm³/mol. The van der Waals surface area contributed by atoms with E-state index in [9.17, 15) is 0 Å². The summed E-state index contributed by atoms with van der Waals surface area (Å²) in [5, 5.41) is 8.69. The molecule has 1 aromatic heterocycles. The summed E-state index contributed by atoms with van der Waals surface area (Å²) in [6, 6.07) is 4.19. The van der Waals surface area contributed by atoms with Gasteiger partial charge in [-0.25, -0.2) is 0 Å². The van der Waals surface area contributed by atoms with E-state index in [0.717, 1.165) is 18.7 Å². The van der Waals surface area contributed by atoms with Gasteiger partial charge in [0.05, 0.1) is 12.5 Å². The van der Waals surface area contributed by atoms with Crippen LogP contribution >= 0.6 is 0 Å². The monoisotopic (exact) mass is 187 g/mol. The zero-order chi connectivity index (χ0) is 9.80. The highest BCUT2D eigenvalue weighted by molar-refractivity contribution is 5.53. The Hall–Kier alpha value is -1.56. The quantitative estimate of drug-likeness (QED) is 0.708. The lowest BCUT2D eigenvalue weighted by Gasteiger charge is -2.19. The molecular formula is C11H13N3. The summed E-state index contributed by atoms with van der Waals surface area (Å²) in [7, 11) is 0. The first-order valence-corrected chi connectivity index (χ1v) is 4.96. The summed E-state index contributed by atoms with van der Waals surface area (Å²) < 4.78 is 0. The van der Waals surface area contributed by atoms with E-state index < -0.39 is 0 Å². The molecule has 72 valence electrons. The van der Waals surface area contributed by atoms with Crippen LogP contribution in [0.3, 0.4) is 0 Å². The molecule has 0 aliphatic carbocycles. The van der Waals surface area contributed by atoms with Crippen molar-refractivity contribution in [3.8, 4) is 6.07 Å². The molecule has 2 heterocycles. The zero-order valence-corrected chi connectivity index (χ0v) is 8.11. The molecule has 0 saturated carbocycles. The van der Waals surface area contributed by atoms with E-state index in [1.165, 1.54) is 18.5 Å². The van der Waals surface area contributed by atoms with Crippen LogP contribution in [0.15, 0.2) is 18.5 Å². The van der Waals surface area contributed by atoms with Gasteiger partial charge in [-0.3, -0.25) is 4.98 Å². The van der Waals surface area contributed by atoms with E-state index in [2.05, 4.69) is 16.0 Å². The second-order valence-electron chi connectivity index (χ2n) is 3.53. The van der Waals surface area contributed by atoms with Gasteiger partial charge in [0, 0.05) is 36.7 Å². The predicted octanol–water partition coefficient (Wildman–Crippen LogP) is 1.75. The Bertz CT molecular complexity index is 348. The maximum Gasteiger partial charge on any atom is 0.0671 e. The summed E-state index contributed by atoms with van der Waals surface area (Å²) in [5.41, 5.74) is 2.25. The van der Waals surface area contributed by atoms with Crippen molar-refractivity contribution < 1.29 is 0 Å². The van der Waals surface area contributed by atoms with E-state index in [-0.39, 0.29) is 0 Å². The van der Waals surface area contributed by atoms with Crippen molar-refractivity contribution in [2.45, 2.75) is 19.3 Å². The Labute approximate surface area is 84.0 Å². The molecule has 0 radical (unpaired) electrons. The Morgan fingerprint density at radius 3 is 2.93 bits per heavy atom. The fourth-order valence-electron chi connectivity index (χ4n) is 1.91. The van der Waals surface area contributed by atoms with Crippen molar-refractivity contribution in [2.24, 2.45) is 0 Å². The molecule has 0 amide bonds. The maximum absolute atomic E-state index is 8.69. The van der Waals surface area contributed by atoms with Gasteiger partial charge in [-0.05, 0) is 18.9 Å². The minimum absolute atomic E-state index is 0.458. The minimum Gasteiger partial charge on any atom is -0.371 e. The lowest BCUT2D eigenvalue weighted by Crippen LogP contribution is -2.19. The summed E-state index contributed by atoms with van der Waals surface area (Å²) >= 11 is 0. The van der Waals surface area contributed by atoms with Crippen molar-refractivity contribution in [1.82, 2.24) is 4.98 Å². The topological polar surface area (TPSA) is 39.9 Å². The Kier molecular flexibility index (Phi) is 2.64. The van der Waals surface area contributed by atoms with E-state index in [0.29, 0.717) is 6.42 Å². The fraction of sp³-hybridized carbons (Fsp3) is 0.455. The van der Waals surface area contributed by atoms with Crippen LogP contribution in [-0.2, 0) is 6.42 Å². The smallest absolute Gasteiger partial charge is 0.0671 e. The highest BCUT2D eigenvalue weighted by atomic mass is 15.1. The van der Waals surface area contributed by atoms with Crippen LogP contribution in [0.5, 0.6) is 0 Å². The Morgan fingerprint density at radius 2 is 2.21 bits per heavy atom. The van der Waals surface area contributed by atoms with E-state index in [4.69, 9.17) is 5.26 Å². The number of pyridine rings is 1. The average molecular weight is 187 g/mol. The van der Waals surface area contributed by atoms with Gasteiger partial charge in [-0.15, -0.1) is 0 Å². The third-order valence-electron chi connectivity index (χ3n) is 2.59. The minimum atomic E-state index is 0.458. The summed E-state index contributed by atoms with van der Waals surface area (Å²) in [6.45, 7) is 2.23. The summed E-state index contributed by atoms with van der Waals surface area (Å²) in [5.74, 6) is 0. The SMILES string of the molecule is N#CCc1cnccc1N1CCCC1. The van der Waals surface area contributed by atoms with Crippen molar-refractivity contribution in [2.75, 3.05) is 18.0 Å². The van der Waals surface area contributed by atoms with Crippen LogP contribution in [0.25, 0.3) is 0 Å². The number of nitrogens with zero attached hydrogens (tertiary/aromatic N) is 3. The Morgan fingerprint density at radius 1 is 1.43 bits per heavy atom. The van der Waals surface area contributed by atoms with Crippen LogP contribution in [0.1, 0.15) is 18.4 Å². The first kappa shape index (κ1) is 9.01. The molecule has 0 aromatic carbocycles. The van der Waals surface area contributed by atoms with Crippen molar-refractivity contribution >= 4 is 5.69 Å². The van der Waals surface area contributed by atoms with Gasteiger partial charge < -0.3 is 4.90 Å². The highest BCUT2D eigenvalue weighted by Gasteiger charge is 2.14. The molecule has 3 nitrogen and oxygen atoms in total. The molecule has 0 spiro atoms. The van der Waals surface area contributed by atoms with Gasteiger partial charge in [0.15, 0.2) is 0 Å². The van der Waals surface area contributed by atoms with Gasteiger partial charge in [0.25, 0.3) is 0 Å². The van der Waals surface area contributed by atoms with Gasteiger partial charge >= 0.3 is 0 Å². The van der Waals surface area contributed by atoms with E-state index in [1.54, 1.807) is 12.4 Å². The molecule has 3 heteroatoms. The second kappa shape index (κ2) is 4.10. The number of anilines is 1. The number of rotatable bonds is 2. The number of nitriles is 1. The third-order valence-corrected chi connectivity index (χ3v) is 2.59. The second-order valence-corrected chi connectivity index (χ2v) is 3.53. The molecule has 0 N–H and O–H groups in total. The van der Waals surface area contributed by atoms with Gasteiger partial charge in [0.2, 0.25) is 0 Å². The number of aromatic nitrogens is 1. The largest absolute Gasteiger partial charge is 0.371 e. The first-order chi connectivity index (χ1) is 6.92. The van der Waals surface area contributed by atoms with E-state index in [1.807, 2.05) is 6.07 Å². The van der Waals surface area contributed by atoms with Crippen LogP contribution in [0, 0.1) is 11.3 Å². The molecule has 1 aliphatic heterocycles. The zero-order valence-electron chi connectivity index (χ0n) is 8.11. The Balaban J connectivity index is 2.26. The van der Waals surface area contributed by atoms with Crippen molar-refractivity contribution in [3.63, 3.8) is 0 Å². The van der Waals surface area contributed by atoms with Gasteiger partial charge in [-0.2, -0.15) is 5.26 Å². The molecule has 1 saturated heterocycles.